The Morgan fingerprint density at radius 3 is 2.94 bits per heavy atom. The Bertz CT molecular complexity index is 228. The molecule has 16 heavy (non-hydrogen) atoms. The number of unbranched alkanes of at least 4 members (excludes halogenated alkanes) is 3. The molecule has 1 heterocycles. The number of carboxylic acids is 1. The molecule has 1 saturated heterocycles. The van der Waals surface area contributed by atoms with E-state index >= 15 is 0 Å². The fraction of sp³-hybridized carbons (Fsp3) is 0.769. The molecule has 0 aromatic rings. The molecular formula is C13H23NO2. The molecule has 1 unspecified atom stereocenters. The maximum Gasteiger partial charge on any atom is 0.304 e. The van der Waals surface area contributed by atoms with Crippen LogP contribution in [-0.2, 0) is 4.79 Å². The molecule has 0 aromatic heterocycles. The van der Waals surface area contributed by atoms with E-state index in [-0.39, 0.29) is 6.04 Å². The van der Waals surface area contributed by atoms with Crippen molar-refractivity contribution in [2.24, 2.45) is 0 Å². The van der Waals surface area contributed by atoms with Crippen LogP contribution < -0.4 is 0 Å². The van der Waals surface area contributed by atoms with Gasteiger partial charge in [0, 0.05) is 6.04 Å². The number of hydrogen-bond donors (Lipinski definition) is 1. The molecule has 3 nitrogen and oxygen atoms in total. The summed E-state index contributed by atoms with van der Waals surface area (Å²) in [7, 11) is 0. The molecule has 1 fully saturated rings. The summed E-state index contributed by atoms with van der Waals surface area (Å²) in [6.45, 7) is 5.85. The Morgan fingerprint density at radius 2 is 2.25 bits per heavy atom. The second kappa shape index (κ2) is 7.44. The molecule has 1 rings (SSSR count). The fourth-order valence-electron chi connectivity index (χ4n) is 2.40. The van der Waals surface area contributed by atoms with Crippen LogP contribution in [0.15, 0.2) is 12.7 Å². The topological polar surface area (TPSA) is 40.5 Å². The Balaban J connectivity index is 2.14. The zero-order valence-corrected chi connectivity index (χ0v) is 10.0. The lowest BCUT2D eigenvalue weighted by Crippen LogP contribution is -2.32. The third-order valence-corrected chi connectivity index (χ3v) is 3.26. The smallest absolute Gasteiger partial charge is 0.304 e. The van der Waals surface area contributed by atoms with Crippen molar-refractivity contribution < 1.29 is 9.90 Å². The highest BCUT2D eigenvalue weighted by Crippen LogP contribution is 2.20. The SMILES string of the molecule is C=CCCCCCN1CCCC1CC(=O)O. The second-order valence-corrected chi connectivity index (χ2v) is 4.57. The largest absolute Gasteiger partial charge is 0.481 e. The van der Waals surface area contributed by atoms with Gasteiger partial charge in [0.1, 0.15) is 0 Å². The van der Waals surface area contributed by atoms with E-state index in [0.717, 1.165) is 32.4 Å². The van der Waals surface area contributed by atoms with Gasteiger partial charge in [0.05, 0.1) is 6.42 Å². The molecule has 1 atom stereocenters. The van der Waals surface area contributed by atoms with Crippen LogP contribution in [0.25, 0.3) is 0 Å². The minimum atomic E-state index is -0.663. The molecule has 92 valence electrons. The summed E-state index contributed by atoms with van der Waals surface area (Å²) in [6.07, 6.45) is 9.20. The van der Waals surface area contributed by atoms with Crippen LogP contribution >= 0.6 is 0 Å². The van der Waals surface area contributed by atoms with Gasteiger partial charge in [-0.3, -0.25) is 9.69 Å². The van der Waals surface area contributed by atoms with E-state index in [2.05, 4.69) is 11.5 Å². The number of carboxylic acid groups (broad SMARTS) is 1. The molecule has 0 bridgehead atoms. The van der Waals surface area contributed by atoms with Crippen molar-refractivity contribution in [2.75, 3.05) is 13.1 Å². The lowest BCUT2D eigenvalue weighted by atomic mass is 10.1. The van der Waals surface area contributed by atoms with Crippen molar-refractivity contribution in [2.45, 2.75) is 51.0 Å². The van der Waals surface area contributed by atoms with Gasteiger partial charge in [0.15, 0.2) is 0 Å². The van der Waals surface area contributed by atoms with E-state index in [1.165, 1.54) is 19.3 Å². The van der Waals surface area contributed by atoms with Crippen LogP contribution in [0.2, 0.25) is 0 Å². The Morgan fingerprint density at radius 1 is 1.44 bits per heavy atom. The maximum absolute atomic E-state index is 10.7. The summed E-state index contributed by atoms with van der Waals surface area (Å²) < 4.78 is 0. The summed E-state index contributed by atoms with van der Waals surface area (Å²) in [4.78, 5) is 13.0. The van der Waals surface area contributed by atoms with Crippen molar-refractivity contribution in [1.82, 2.24) is 4.90 Å². The highest BCUT2D eigenvalue weighted by molar-refractivity contribution is 5.67. The quantitative estimate of drug-likeness (QED) is 0.510. The fourth-order valence-corrected chi connectivity index (χ4v) is 2.40. The first-order valence-electron chi connectivity index (χ1n) is 6.30. The predicted molar refractivity (Wildman–Crippen MR) is 65.5 cm³/mol. The number of rotatable bonds is 8. The first kappa shape index (κ1) is 13.2. The Hall–Kier alpha value is -0.830. The van der Waals surface area contributed by atoms with Crippen LogP contribution in [0.3, 0.4) is 0 Å². The minimum absolute atomic E-state index is 0.289. The lowest BCUT2D eigenvalue weighted by Gasteiger charge is -2.22. The molecule has 0 aromatic carbocycles. The summed E-state index contributed by atoms with van der Waals surface area (Å²) in [6, 6.07) is 0.289. The van der Waals surface area contributed by atoms with Gasteiger partial charge >= 0.3 is 5.97 Å². The lowest BCUT2D eigenvalue weighted by molar-refractivity contribution is -0.138. The van der Waals surface area contributed by atoms with Crippen molar-refractivity contribution >= 4 is 5.97 Å². The maximum atomic E-state index is 10.7. The average Bonchev–Trinajstić information content (AvgIpc) is 2.64. The molecule has 1 aliphatic heterocycles. The van der Waals surface area contributed by atoms with Gasteiger partial charge in [-0.2, -0.15) is 0 Å². The standard InChI is InChI=1S/C13H23NO2/c1-2-3-4-5-6-9-14-10-7-8-12(14)11-13(15)16/h2,12H,1,3-11H2,(H,15,16). The van der Waals surface area contributed by atoms with E-state index < -0.39 is 5.97 Å². The van der Waals surface area contributed by atoms with Crippen molar-refractivity contribution in [1.29, 1.82) is 0 Å². The summed E-state index contributed by atoms with van der Waals surface area (Å²) >= 11 is 0. The van der Waals surface area contributed by atoms with Crippen LogP contribution in [0, 0.1) is 0 Å². The number of hydrogen-bond acceptors (Lipinski definition) is 2. The van der Waals surface area contributed by atoms with Gasteiger partial charge in [-0.05, 0) is 45.2 Å². The summed E-state index contributed by atoms with van der Waals surface area (Å²) in [5.41, 5.74) is 0. The van der Waals surface area contributed by atoms with Crippen LogP contribution in [-0.4, -0.2) is 35.1 Å². The Labute approximate surface area is 98.1 Å². The average molecular weight is 225 g/mol. The van der Waals surface area contributed by atoms with Gasteiger partial charge in [-0.1, -0.05) is 12.5 Å². The molecule has 3 heteroatoms. The van der Waals surface area contributed by atoms with E-state index in [1.54, 1.807) is 0 Å². The third kappa shape index (κ3) is 4.79. The van der Waals surface area contributed by atoms with Crippen LogP contribution in [0.1, 0.15) is 44.9 Å². The van der Waals surface area contributed by atoms with E-state index in [4.69, 9.17) is 5.11 Å². The first-order chi connectivity index (χ1) is 7.74. The number of likely N-dealkylation sites (tertiary alicyclic amines) is 1. The first-order valence-corrected chi connectivity index (χ1v) is 6.30. The number of carbonyl (C=O) groups is 1. The van der Waals surface area contributed by atoms with Gasteiger partial charge < -0.3 is 5.11 Å². The van der Waals surface area contributed by atoms with Crippen LogP contribution in [0.4, 0.5) is 0 Å². The summed E-state index contributed by atoms with van der Waals surface area (Å²) in [5, 5.41) is 8.80. The van der Waals surface area contributed by atoms with Crippen molar-refractivity contribution in [3.8, 4) is 0 Å². The molecule has 0 aliphatic carbocycles. The van der Waals surface area contributed by atoms with Gasteiger partial charge in [0.2, 0.25) is 0 Å². The molecule has 0 radical (unpaired) electrons. The molecule has 1 N–H and O–H groups in total. The van der Waals surface area contributed by atoms with Crippen molar-refractivity contribution in [3.05, 3.63) is 12.7 Å². The Kier molecular flexibility index (Phi) is 6.16. The zero-order valence-electron chi connectivity index (χ0n) is 10.0. The number of allylic oxidation sites excluding steroid dienone is 1. The second-order valence-electron chi connectivity index (χ2n) is 4.57. The van der Waals surface area contributed by atoms with Gasteiger partial charge in [-0.15, -0.1) is 6.58 Å². The van der Waals surface area contributed by atoms with E-state index in [0.29, 0.717) is 6.42 Å². The predicted octanol–water partition coefficient (Wildman–Crippen LogP) is 2.67. The van der Waals surface area contributed by atoms with Gasteiger partial charge in [0.25, 0.3) is 0 Å². The minimum Gasteiger partial charge on any atom is -0.481 e. The summed E-state index contributed by atoms with van der Waals surface area (Å²) in [5.74, 6) is -0.663. The molecule has 1 aliphatic rings. The number of aliphatic carboxylic acids is 1. The highest BCUT2D eigenvalue weighted by atomic mass is 16.4. The van der Waals surface area contributed by atoms with Crippen LogP contribution in [0.5, 0.6) is 0 Å². The van der Waals surface area contributed by atoms with Crippen molar-refractivity contribution in [3.63, 3.8) is 0 Å². The van der Waals surface area contributed by atoms with Gasteiger partial charge in [-0.25, -0.2) is 0 Å². The van der Waals surface area contributed by atoms with E-state index in [9.17, 15) is 4.79 Å². The molecule has 0 spiro atoms. The monoisotopic (exact) mass is 225 g/mol. The third-order valence-electron chi connectivity index (χ3n) is 3.26. The highest BCUT2D eigenvalue weighted by Gasteiger charge is 2.25. The normalized spacial score (nSPS) is 21.1. The zero-order chi connectivity index (χ0) is 11.8. The molecule has 0 saturated carbocycles. The molecule has 0 amide bonds. The van der Waals surface area contributed by atoms with E-state index in [1.807, 2.05) is 6.08 Å². The molecular weight excluding hydrogens is 202 g/mol. The number of nitrogens with zero attached hydrogens (tertiary/aromatic N) is 1.